The van der Waals surface area contributed by atoms with Gasteiger partial charge in [-0.05, 0) is 37.3 Å². The van der Waals surface area contributed by atoms with E-state index in [-0.39, 0.29) is 22.0 Å². The third kappa shape index (κ3) is 4.55. The van der Waals surface area contributed by atoms with E-state index in [0.29, 0.717) is 0 Å². The number of carbonyl (C=O) groups excluding carboxylic acids is 1. The molecule has 7 nitrogen and oxygen atoms in total. The van der Waals surface area contributed by atoms with Crippen molar-refractivity contribution in [1.82, 2.24) is 9.78 Å². The lowest BCUT2D eigenvalue weighted by molar-refractivity contribution is -0.137. The number of alkyl halides is 3. The molecule has 1 amide bonds. The Morgan fingerprint density at radius 3 is 2.39 bits per heavy atom. The zero-order valence-corrected chi connectivity index (χ0v) is 17.6. The Morgan fingerprint density at radius 1 is 1.13 bits per heavy atom. The predicted molar refractivity (Wildman–Crippen MR) is 109 cm³/mol. The van der Waals surface area contributed by atoms with Gasteiger partial charge in [-0.2, -0.15) is 18.3 Å². The Bertz CT molecular complexity index is 1220. The smallest absolute Gasteiger partial charge is 0.322 e. The summed E-state index contributed by atoms with van der Waals surface area (Å²) in [5.74, 6) is -0.835. The molecular weight excluding hydrogens is 433 g/mol. The van der Waals surface area contributed by atoms with E-state index in [1.165, 1.54) is 37.0 Å². The van der Waals surface area contributed by atoms with E-state index in [1.807, 2.05) is 6.92 Å². The standard InChI is InChI=1S/C20H19F3N4O3S/c1-13-7-9-16(10-8-13)31(29,30)27(3)19-17(12-24-26(19)2)18(28)25-15-6-4-5-14(11-15)20(21,22)23/h4-12H,1-3H3,(H,25,28). The largest absolute Gasteiger partial charge is 0.416 e. The highest BCUT2D eigenvalue weighted by Crippen LogP contribution is 2.31. The topological polar surface area (TPSA) is 84.3 Å². The van der Waals surface area contributed by atoms with Gasteiger partial charge in [-0.15, -0.1) is 0 Å². The van der Waals surface area contributed by atoms with E-state index in [9.17, 15) is 26.4 Å². The minimum absolute atomic E-state index is 0.0195. The number of sulfonamides is 1. The minimum atomic E-state index is -4.57. The van der Waals surface area contributed by atoms with E-state index in [4.69, 9.17) is 0 Å². The van der Waals surface area contributed by atoms with Crippen molar-refractivity contribution in [2.45, 2.75) is 18.0 Å². The van der Waals surface area contributed by atoms with Gasteiger partial charge in [0.05, 0.1) is 16.7 Å². The average molecular weight is 452 g/mol. The highest BCUT2D eigenvalue weighted by Gasteiger charge is 2.31. The van der Waals surface area contributed by atoms with Crippen molar-refractivity contribution in [2.24, 2.45) is 7.05 Å². The number of benzene rings is 2. The molecule has 3 rings (SSSR count). The summed E-state index contributed by atoms with van der Waals surface area (Å²) in [6, 6.07) is 10.3. The maximum Gasteiger partial charge on any atom is 0.416 e. The molecule has 0 atom stereocenters. The number of halogens is 3. The van der Waals surface area contributed by atoms with Crippen LogP contribution < -0.4 is 9.62 Å². The van der Waals surface area contributed by atoms with Crippen molar-refractivity contribution < 1.29 is 26.4 Å². The van der Waals surface area contributed by atoms with Crippen LogP contribution in [0.1, 0.15) is 21.5 Å². The van der Waals surface area contributed by atoms with Gasteiger partial charge >= 0.3 is 6.18 Å². The molecule has 0 saturated heterocycles. The molecule has 0 saturated carbocycles. The fourth-order valence-corrected chi connectivity index (χ4v) is 4.16. The quantitative estimate of drug-likeness (QED) is 0.638. The summed E-state index contributed by atoms with van der Waals surface area (Å²) in [7, 11) is -1.29. The van der Waals surface area contributed by atoms with Crippen LogP contribution >= 0.6 is 0 Å². The molecule has 0 unspecified atom stereocenters. The fraction of sp³-hybridized carbons (Fsp3) is 0.200. The molecule has 0 radical (unpaired) electrons. The molecule has 0 aliphatic heterocycles. The lowest BCUT2D eigenvalue weighted by Gasteiger charge is -2.21. The molecule has 164 valence electrons. The Hall–Kier alpha value is -3.34. The number of amides is 1. The van der Waals surface area contributed by atoms with Crippen molar-refractivity contribution in [3.05, 3.63) is 71.4 Å². The van der Waals surface area contributed by atoms with Gasteiger partial charge in [-0.3, -0.25) is 13.8 Å². The lowest BCUT2D eigenvalue weighted by Crippen LogP contribution is -2.30. The van der Waals surface area contributed by atoms with Crippen LogP contribution in [0.4, 0.5) is 24.7 Å². The van der Waals surface area contributed by atoms with Gasteiger partial charge in [-0.1, -0.05) is 23.8 Å². The average Bonchev–Trinajstić information content (AvgIpc) is 3.08. The van der Waals surface area contributed by atoms with Crippen LogP contribution in [0.2, 0.25) is 0 Å². The Kier molecular flexibility index (Phi) is 5.81. The molecule has 0 spiro atoms. The molecule has 3 aromatic rings. The number of nitrogens with one attached hydrogen (secondary N) is 1. The summed E-state index contributed by atoms with van der Waals surface area (Å²) >= 11 is 0. The number of hydrogen-bond acceptors (Lipinski definition) is 4. The van der Waals surface area contributed by atoms with Crippen LogP contribution in [0.3, 0.4) is 0 Å². The van der Waals surface area contributed by atoms with Crippen molar-refractivity contribution >= 4 is 27.4 Å². The molecule has 1 aromatic heterocycles. The third-order valence-corrected chi connectivity index (χ3v) is 6.34. The minimum Gasteiger partial charge on any atom is -0.322 e. The molecule has 0 aliphatic rings. The second kappa shape index (κ2) is 8.06. The number of aryl methyl sites for hydroxylation is 2. The SMILES string of the molecule is Cc1ccc(S(=O)(=O)N(C)c2c(C(=O)Nc3cccc(C(F)(F)F)c3)cnn2C)cc1. The summed E-state index contributed by atoms with van der Waals surface area (Å²) in [5, 5.41) is 6.31. The van der Waals surface area contributed by atoms with Gasteiger partial charge in [0, 0.05) is 19.8 Å². The van der Waals surface area contributed by atoms with Crippen molar-refractivity contribution in [3.63, 3.8) is 0 Å². The van der Waals surface area contributed by atoms with Crippen molar-refractivity contribution in [3.8, 4) is 0 Å². The van der Waals surface area contributed by atoms with Crippen LogP contribution in [0.15, 0.2) is 59.6 Å². The van der Waals surface area contributed by atoms with E-state index < -0.39 is 27.7 Å². The summed E-state index contributed by atoms with van der Waals surface area (Å²) in [5.41, 5.74) is -0.240. The van der Waals surface area contributed by atoms with Crippen LogP contribution in [0.5, 0.6) is 0 Å². The van der Waals surface area contributed by atoms with E-state index >= 15 is 0 Å². The molecule has 1 heterocycles. The summed E-state index contributed by atoms with van der Waals surface area (Å²) in [4.78, 5) is 12.8. The van der Waals surface area contributed by atoms with Gasteiger partial charge in [0.2, 0.25) is 0 Å². The van der Waals surface area contributed by atoms with Crippen LogP contribution in [-0.4, -0.2) is 31.2 Å². The molecular formula is C20H19F3N4O3S. The molecule has 1 N–H and O–H groups in total. The normalized spacial score (nSPS) is 11.9. The summed E-state index contributed by atoms with van der Waals surface area (Å²) in [6.07, 6.45) is -3.41. The van der Waals surface area contributed by atoms with E-state index in [1.54, 1.807) is 12.1 Å². The zero-order chi connectivity index (χ0) is 23.0. The first-order valence-corrected chi connectivity index (χ1v) is 10.4. The van der Waals surface area contributed by atoms with Crippen LogP contribution in [-0.2, 0) is 23.2 Å². The zero-order valence-electron chi connectivity index (χ0n) is 16.8. The maximum atomic E-state index is 13.0. The first-order chi connectivity index (χ1) is 14.4. The van der Waals surface area contributed by atoms with Crippen LogP contribution in [0.25, 0.3) is 0 Å². The first kappa shape index (κ1) is 22.3. The molecule has 2 aromatic carbocycles. The highest BCUT2D eigenvalue weighted by molar-refractivity contribution is 7.92. The number of carbonyl (C=O) groups is 1. The van der Waals surface area contributed by atoms with Gasteiger partial charge in [0.1, 0.15) is 5.56 Å². The number of nitrogens with zero attached hydrogens (tertiary/aromatic N) is 3. The van der Waals surface area contributed by atoms with Gasteiger partial charge < -0.3 is 5.32 Å². The maximum absolute atomic E-state index is 13.0. The van der Waals surface area contributed by atoms with Crippen molar-refractivity contribution in [1.29, 1.82) is 0 Å². The Labute approximate surface area is 177 Å². The Morgan fingerprint density at radius 2 is 1.77 bits per heavy atom. The Balaban J connectivity index is 1.93. The monoisotopic (exact) mass is 452 g/mol. The third-order valence-electron chi connectivity index (χ3n) is 4.58. The van der Waals surface area contributed by atoms with Gasteiger partial charge in [0.15, 0.2) is 5.82 Å². The number of anilines is 2. The van der Waals surface area contributed by atoms with Gasteiger partial charge in [0.25, 0.3) is 15.9 Å². The fourth-order valence-electron chi connectivity index (χ4n) is 2.92. The lowest BCUT2D eigenvalue weighted by atomic mass is 10.2. The summed E-state index contributed by atoms with van der Waals surface area (Å²) in [6.45, 7) is 1.82. The molecule has 0 fully saturated rings. The molecule has 0 aliphatic carbocycles. The molecule has 0 bridgehead atoms. The van der Waals surface area contributed by atoms with Gasteiger partial charge in [-0.25, -0.2) is 8.42 Å². The molecule has 11 heteroatoms. The second-order valence-corrected chi connectivity index (χ2v) is 8.79. The first-order valence-electron chi connectivity index (χ1n) is 8.97. The summed E-state index contributed by atoms with van der Waals surface area (Å²) < 4.78 is 66.9. The van der Waals surface area contributed by atoms with Crippen LogP contribution in [0, 0.1) is 6.92 Å². The van der Waals surface area contributed by atoms with Crippen molar-refractivity contribution in [2.75, 3.05) is 16.7 Å². The van der Waals surface area contributed by atoms with E-state index in [0.717, 1.165) is 34.3 Å². The number of hydrogen-bond donors (Lipinski definition) is 1. The molecule has 31 heavy (non-hydrogen) atoms. The number of aromatic nitrogens is 2. The highest BCUT2D eigenvalue weighted by atomic mass is 32.2. The predicted octanol–water partition coefficient (Wildman–Crippen LogP) is 3.82. The number of rotatable bonds is 5. The van der Waals surface area contributed by atoms with E-state index in [2.05, 4.69) is 10.4 Å². The second-order valence-electron chi connectivity index (χ2n) is 6.82.